The Labute approximate surface area is 102 Å². The third-order valence-electron chi connectivity index (χ3n) is 2.23. The van der Waals surface area contributed by atoms with Gasteiger partial charge in [-0.3, -0.25) is 0 Å². The second kappa shape index (κ2) is 6.27. The van der Waals surface area contributed by atoms with E-state index in [2.05, 4.69) is 10.1 Å². The van der Waals surface area contributed by atoms with Gasteiger partial charge in [-0.15, -0.1) is 0 Å². The van der Waals surface area contributed by atoms with E-state index < -0.39 is 35.9 Å². The number of nitrogens with one attached hydrogen (secondary N) is 1. The lowest BCUT2D eigenvalue weighted by Crippen LogP contribution is -2.23. The monoisotopic (exact) mass is 261 g/mol. The number of rotatable bonds is 5. The third kappa shape index (κ3) is 3.14. The zero-order valence-electron chi connectivity index (χ0n) is 9.61. The summed E-state index contributed by atoms with van der Waals surface area (Å²) in [4.78, 5) is 11.1. The second-order valence-corrected chi connectivity index (χ2v) is 3.50. The van der Waals surface area contributed by atoms with Crippen molar-refractivity contribution in [1.29, 1.82) is 0 Å². The summed E-state index contributed by atoms with van der Waals surface area (Å²) < 4.78 is 31.3. The molecule has 1 aromatic rings. The van der Waals surface area contributed by atoms with E-state index >= 15 is 0 Å². The Morgan fingerprint density at radius 3 is 2.67 bits per heavy atom. The highest BCUT2D eigenvalue weighted by Gasteiger charge is 2.19. The molecule has 1 rings (SSSR count). The first kappa shape index (κ1) is 14.3. The molecule has 0 aliphatic rings. The predicted molar refractivity (Wildman–Crippen MR) is 59.3 cm³/mol. The number of aliphatic hydroxyl groups is 2. The van der Waals surface area contributed by atoms with Gasteiger partial charge in [-0.1, -0.05) is 0 Å². The highest BCUT2D eigenvalue weighted by molar-refractivity contribution is 5.90. The van der Waals surface area contributed by atoms with E-state index in [0.29, 0.717) is 0 Å². The van der Waals surface area contributed by atoms with Gasteiger partial charge in [0.05, 0.1) is 31.1 Å². The van der Waals surface area contributed by atoms with Crippen molar-refractivity contribution in [1.82, 2.24) is 0 Å². The molecular weight excluding hydrogens is 248 g/mol. The molecule has 0 spiro atoms. The van der Waals surface area contributed by atoms with Gasteiger partial charge in [0.15, 0.2) is 11.6 Å². The van der Waals surface area contributed by atoms with Crippen molar-refractivity contribution < 1.29 is 28.5 Å². The number of methoxy groups -OCH3 is 1. The molecular formula is C11H13F2NO4. The minimum absolute atomic E-state index is 0.148. The number of esters is 1. The van der Waals surface area contributed by atoms with Crippen molar-refractivity contribution in [2.75, 3.05) is 25.6 Å². The van der Waals surface area contributed by atoms with Gasteiger partial charge in [0, 0.05) is 6.54 Å². The molecule has 0 aliphatic heterocycles. The molecule has 0 fully saturated rings. The highest BCUT2D eigenvalue weighted by atomic mass is 19.2. The van der Waals surface area contributed by atoms with Gasteiger partial charge in [-0.2, -0.15) is 0 Å². The third-order valence-corrected chi connectivity index (χ3v) is 2.23. The maximum atomic E-state index is 13.5. The van der Waals surface area contributed by atoms with Crippen LogP contribution in [0, 0.1) is 11.6 Å². The van der Waals surface area contributed by atoms with E-state index in [1.54, 1.807) is 0 Å². The lowest BCUT2D eigenvalue weighted by atomic mass is 10.1. The number of anilines is 1. The maximum Gasteiger partial charge on any atom is 0.340 e. The minimum Gasteiger partial charge on any atom is -0.465 e. The normalized spacial score (nSPS) is 12.1. The molecule has 0 amide bonds. The Balaban J connectivity index is 2.90. The van der Waals surface area contributed by atoms with E-state index in [9.17, 15) is 13.6 Å². The summed E-state index contributed by atoms with van der Waals surface area (Å²) in [5.41, 5.74) is -0.726. The number of aliphatic hydroxyl groups excluding tert-OH is 2. The first-order chi connectivity index (χ1) is 8.51. The zero-order valence-corrected chi connectivity index (χ0v) is 9.61. The van der Waals surface area contributed by atoms with Crippen LogP contribution in [0.5, 0.6) is 0 Å². The number of hydrogen-bond donors (Lipinski definition) is 3. The van der Waals surface area contributed by atoms with Crippen LogP contribution in [0.25, 0.3) is 0 Å². The van der Waals surface area contributed by atoms with E-state index in [-0.39, 0.29) is 12.2 Å². The summed E-state index contributed by atoms with van der Waals surface area (Å²) in [5.74, 6) is -3.55. The van der Waals surface area contributed by atoms with Crippen LogP contribution in [0.1, 0.15) is 10.4 Å². The molecule has 0 aromatic heterocycles. The largest absolute Gasteiger partial charge is 0.465 e. The van der Waals surface area contributed by atoms with Crippen LogP contribution in [0.2, 0.25) is 0 Å². The fourth-order valence-corrected chi connectivity index (χ4v) is 1.25. The maximum absolute atomic E-state index is 13.5. The summed E-state index contributed by atoms with van der Waals surface area (Å²) >= 11 is 0. The smallest absolute Gasteiger partial charge is 0.340 e. The van der Waals surface area contributed by atoms with Gasteiger partial charge in [0.25, 0.3) is 0 Å². The summed E-state index contributed by atoms with van der Waals surface area (Å²) in [6.07, 6.45) is -1.09. The number of hydrogen-bond acceptors (Lipinski definition) is 5. The average Bonchev–Trinajstić information content (AvgIpc) is 2.39. The zero-order chi connectivity index (χ0) is 13.7. The topological polar surface area (TPSA) is 78.8 Å². The standard InChI is InChI=1S/C11H13F2NO4/c1-18-11(17)7-2-3-8(10(13)9(7)12)14-4-6(16)5-15/h2-3,6,14-16H,4-5H2,1H3. The molecule has 5 nitrogen and oxygen atoms in total. The van der Waals surface area contributed by atoms with Crippen molar-refractivity contribution in [2.24, 2.45) is 0 Å². The molecule has 1 atom stereocenters. The van der Waals surface area contributed by atoms with Crippen LogP contribution >= 0.6 is 0 Å². The molecule has 0 radical (unpaired) electrons. The van der Waals surface area contributed by atoms with Crippen molar-refractivity contribution in [2.45, 2.75) is 6.10 Å². The Hall–Kier alpha value is -1.73. The molecule has 0 aliphatic carbocycles. The molecule has 3 N–H and O–H groups in total. The fourth-order valence-electron chi connectivity index (χ4n) is 1.25. The molecule has 0 bridgehead atoms. The molecule has 7 heteroatoms. The van der Waals surface area contributed by atoms with Crippen LogP contribution in [0.4, 0.5) is 14.5 Å². The van der Waals surface area contributed by atoms with E-state index in [1.165, 1.54) is 0 Å². The summed E-state index contributed by atoms with van der Waals surface area (Å²) in [6, 6.07) is 2.21. The number of benzene rings is 1. The first-order valence-electron chi connectivity index (χ1n) is 5.10. The molecule has 0 saturated heterocycles. The van der Waals surface area contributed by atoms with Gasteiger partial charge in [-0.25, -0.2) is 13.6 Å². The molecule has 18 heavy (non-hydrogen) atoms. The second-order valence-electron chi connectivity index (χ2n) is 3.50. The average molecular weight is 261 g/mol. The lowest BCUT2D eigenvalue weighted by molar-refractivity contribution is 0.0594. The van der Waals surface area contributed by atoms with Gasteiger partial charge < -0.3 is 20.3 Å². The van der Waals surface area contributed by atoms with E-state index in [0.717, 1.165) is 19.2 Å². The number of carbonyl (C=O) groups is 1. The number of carbonyl (C=O) groups excluding carboxylic acids is 1. The van der Waals surface area contributed by atoms with Gasteiger partial charge in [-0.05, 0) is 12.1 Å². The summed E-state index contributed by atoms with van der Waals surface area (Å²) in [5, 5.41) is 20.0. The number of halogens is 2. The number of ether oxygens (including phenoxy) is 1. The van der Waals surface area contributed by atoms with Crippen LogP contribution in [0.3, 0.4) is 0 Å². The molecule has 100 valence electrons. The van der Waals surface area contributed by atoms with Crippen LogP contribution in [-0.2, 0) is 4.74 Å². The Bertz CT molecular complexity index is 439. The van der Waals surface area contributed by atoms with Crippen molar-refractivity contribution >= 4 is 11.7 Å². The van der Waals surface area contributed by atoms with Crippen LogP contribution in [-0.4, -0.2) is 42.5 Å². The van der Waals surface area contributed by atoms with Crippen molar-refractivity contribution in [3.05, 3.63) is 29.3 Å². The Morgan fingerprint density at radius 2 is 2.11 bits per heavy atom. The van der Waals surface area contributed by atoms with Crippen molar-refractivity contribution in [3.63, 3.8) is 0 Å². The van der Waals surface area contributed by atoms with Crippen LogP contribution < -0.4 is 5.32 Å². The minimum atomic E-state index is -1.33. The SMILES string of the molecule is COC(=O)c1ccc(NCC(O)CO)c(F)c1F. The van der Waals surface area contributed by atoms with E-state index in [4.69, 9.17) is 10.2 Å². The quantitative estimate of drug-likeness (QED) is 0.673. The van der Waals surface area contributed by atoms with Crippen LogP contribution in [0.15, 0.2) is 12.1 Å². The predicted octanol–water partition coefficient (Wildman–Crippen LogP) is 0.516. The Kier molecular flexibility index (Phi) is 4.99. The lowest BCUT2D eigenvalue weighted by Gasteiger charge is -2.12. The Morgan fingerprint density at radius 1 is 1.44 bits per heavy atom. The molecule has 1 unspecified atom stereocenters. The molecule has 0 heterocycles. The highest BCUT2D eigenvalue weighted by Crippen LogP contribution is 2.21. The van der Waals surface area contributed by atoms with Gasteiger partial charge in [0.2, 0.25) is 0 Å². The van der Waals surface area contributed by atoms with Crippen molar-refractivity contribution in [3.8, 4) is 0 Å². The first-order valence-corrected chi connectivity index (χ1v) is 5.10. The van der Waals surface area contributed by atoms with Gasteiger partial charge in [0.1, 0.15) is 0 Å². The molecule has 0 saturated carbocycles. The summed E-state index contributed by atoms with van der Waals surface area (Å²) in [6.45, 7) is -0.651. The van der Waals surface area contributed by atoms with Gasteiger partial charge >= 0.3 is 5.97 Å². The fraction of sp³-hybridized carbons (Fsp3) is 0.364. The van der Waals surface area contributed by atoms with E-state index in [1.807, 2.05) is 0 Å². The molecule has 1 aromatic carbocycles. The summed E-state index contributed by atoms with van der Waals surface area (Å²) in [7, 11) is 1.06.